The van der Waals surface area contributed by atoms with Crippen molar-refractivity contribution in [3.05, 3.63) is 88.6 Å². The molecule has 0 atom stereocenters. The molecule has 3 aromatic carbocycles. The number of carbonyl (C=O) groups is 2. The van der Waals surface area contributed by atoms with Crippen molar-refractivity contribution in [2.75, 3.05) is 28.3 Å². The number of methoxy groups -OCH3 is 2. The van der Waals surface area contributed by atoms with Crippen LogP contribution in [0.1, 0.15) is 21.5 Å². The lowest BCUT2D eigenvalue weighted by molar-refractivity contribution is -0.469. The Balaban J connectivity index is 1.97. The third-order valence-corrected chi connectivity index (χ3v) is 5.26. The number of para-hydroxylation sites is 1. The normalized spacial score (nSPS) is 11.0. The lowest BCUT2D eigenvalue weighted by atomic mass is 9.99. The molecule has 0 radical (unpaired) electrons. The van der Waals surface area contributed by atoms with Crippen LogP contribution < -0.4 is 9.47 Å². The van der Waals surface area contributed by atoms with Gasteiger partial charge in [0.25, 0.3) is 12.1 Å². The Morgan fingerprint density at radius 3 is 2.26 bits per heavy atom. The van der Waals surface area contributed by atoms with Gasteiger partial charge in [-0.3, -0.25) is 4.79 Å². The van der Waals surface area contributed by atoms with Gasteiger partial charge in [-0.2, -0.15) is 0 Å². The van der Waals surface area contributed by atoms with Crippen LogP contribution >= 0.6 is 0 Å². The lowest BCUT2D eigenvalue weighted by Gasteiger charge is -2.17. The number of hydrogen-bond acceptors (Lipinski definition) is 6. The van der Waals surface area contributed by atoms with Crippen molar-refractivity contribution in [3.63, 3.8) is 0 Å². The van der Waals surface area contributed by atoms with Gasteiger partial charge < -0.3 is 24.3 Å². The fourth-order valence-corrected chi connectivity index (χ4v) is 3.42. The number of amides is 1. The summed E-state index contributed by atoms with van der Waals surface area (Å²) in [6.07, 6.45) is 0.849. The lowest BCUT2D eigenvalue weighted by Crippen LogP contribution is -2.21. The molecule has 0 spiro atoms. The first-order valence-electron chi connectivity index (χ1n) is 10.9. The van der Waals surface area contributed by atoms with Gasteiger partial charge >= 0.3 is 5.97 Å². The Labute approximate surface area is 204 Å². The van der Waals surface area contributed by atoms with E-state index < -0.39 is 5.97 Å². The molecule has 0 aliphatic carbocycles. The van der Waals surface area contributed by atoms with Gasteiger partial charge in [0.2, 0.25) is 0 Å². The fraction of sp³-hybridized carbons (Fsp3) is 0.222. The molecule has 8 nitrogen and oxygen atoms in total. The van der Waals surface area contributed by atoms with E-state index in [9.17, 15) is 14.8 Å². The molecule has 0 fully saturated rings. The molecule has 0 heterocycles. The van der Waals surface area contributed by atoms with Crippen LogP contribution in [-0.4, -0.2) is 56.0 Å². The largest absolute Gasteiger partial charge is 0.623 e. The Hall–Kier alpha value is -4.33. The number of esters is 1. The van der Waals surface area contributed by atoms with Crippen molar-refractivity contribution in [3.8, 4) is 22.6 Å². The summed E-state index contributed by atoms with van der Waals surface area (Å²) >= 11 is 0. The molecule has 0 saturated heterocycles. The molecule has 1 amide bonds. The van der Waals surface area contributed by atoms with Crippen molar-refractivity contribution in [1.29, 1.82) is 0 Å². The summed E-state index contributed by atoms with van der Waals surface area (Å²) in [4.78, 5) is 25.3. The van der Waals surface area contributed by atoms with E-state index in [1.165, 1.54) is 12.0 Å². The van der Waals surface area contributed by atoms with Crippen LogP contribution in [0.5, 0.6) is 11.5 Å². The Morgan fingerprint density at radius 1 is 0.971 bits per heavy atom. The van der Waals surface area contributed by atoms with E-state index >= 15 is 0 Å². The molecule has 0 saturated carbocycles. The summed E-state index contributed by atoms with van der Waals surface area (Å²) in [5, 5.41) is 12.4. The molecule has 0 aromatic heterocycles. The molecule has 0 unspecified atom stereocenters. The number of hydroxylamine groups is 1. The number of rotatable bonds is 9. The SMILES string of the molecule is COC(=O)/C=[N+](\[O-])Cc1cccc(-c2ccc(C(=O)N(C)C)cc2)c1OCc1ccc(OC)cc1. The highest BCUT2D eigenvalue weighted by Gasteiger charge is 2.16. The summed E-state index contributed by atoms with van der Waals surface area (Å²) in [5.74, 6) is 0.413. The molecular weight excluding hydrogens is 448 g/mol. The third kappa shape index (κ3) is 6.60. The summed E-state index contributed by atoms with van der Waals surface area (Å²) < 4.78 is 16.5. The van der Waals surface area contributed by atoms with E-state index in [0.717, 1.165) is 28.7 Å². The van der Waals surface area contributed by atoms with Gasteiger partial charge in [-0.25, -0.2) is 9.53 Å². The van der Waals surface area contributed by atoms with Crippen LogP contribution in [0.4, 0.5) is 0 Å². The van der Waals surface area contributed by atoms with Crippen LogP contribution in [0.3, 0.4) is 0 Å². The number of nitrogens with zero attached hydrogens (tertiary/aromatic N) is 2. The second kappa shape index (κ2) is 11.7. The standard InChI is InChI=1S/C27H28N2O6/c1-28(2)27(31)21-12-10-20(11-13-21)24-7-5-6-22(16-29(32)17-25(30)34-4)26(24)35-18-19-8-14-23(33-3)15-9-19/h5-15,17H,16,18H2,1-4H3/b29-17-. The van der Waals surface area contributed by atoms with Gasteiger partial charge in [0, 0.05) is 25.2 Å². The summed E-state index contributed by atoms with van der Waals surface area (Å²) in [6.45, 7) is 0.142. The van der Waals surface area contributed by atoms with E-state index in [-0.39, 0.29) is 19.1 Å². The van der Waals surface area contributed by atoms with Gasteiger partial charge in [0.15, 0.2) is 6.54 Å². The quantitative estimate of drug-likeness (QED) is 0.153. The van der Waals surface area contributed by atoms with Gasteiger partial charge in [-0.1, -0.05) is 36.4 Å². The molecule has 3 aromatic rings. The first-order chi connectivity index (χ1) is 16.8. The first kappa shape index (κ1) is 25.3. The average molecular weight is 477 g/mol. The first-order valence-corrected chi connectivity index (χ1v) is 10.9. The van der Waals surface area contributed by atoms with Crippen LogP contribution in [0.15, 0.2) is 66.7 Å². The predicted octanol–water partition coefficient (Wildman–Crippen LogP) is 3.90. The second-order valence-electron chi connectivity index (χ2n) is 7.93. The van der Waals surface area contributed by atoms with E-state index in [1.807, 2.05) is 48.5 Å². The minimum Gasteiger partial charge on any atom is -0.623 e. The van der Waals surface area contributed by atoms with Gasteiger partial charge in [0.1, 0.15) is 18.1 Å². The van der Waals surface area contributed by atoms with Gasteiger partial charge in [-0.05, 0) is 41.5 Å². The number of hydrogen-bond donors (Lipinski definition) is 0. The van der Waals surface area contributed by atoms with Crippen molar-refractivity contribution < 1.29 is 28.5 Å². The Morgan fingerprint density at radius 2 is 1.66 bits per heavy atom. The van der Waals surface area contributed by atoms with E-state index in [1.54, 1.807) is 39.4 Å². The molecule has 35 heavy (non-hydrogen) atoms. The summed E-state index contributed by atoms with van der Waals surface area (Å²) in [6, 6.07) is 20.1. The molecule has 0 bridgehead atoms. The highest BCUT2D eigenvalue weighted by Crippen LogP contribution is 2.35. The van der Waals surface area contributed by atoms with Crippen LogP contribution in [0.25, 0.3) is 11.1 Å². The molecule has 0 aliphatic heterocycles. The Bertz CT molecular complexity index is 1200. The van der Waals surface area contributed by atoms with Crippen molar-refractivity contribution >= 4 is 18.1 Å². The molecule has 182 valence electrons. The third-order valence-electron chi connectivity index (χ3n) is 5.26. The van der Waals surface area contributed by atoms with Crippen molar-refractivity contribution in [2.45, 2.75) is 13.2 Å². The molecule has 0 aliphatic rings. The van der Waals surface area contributed by atoms with E-state index in [0.29, 0.717) is 21.6 Å². The van der Waals surface area contributed by atoms with Crippen molar-refractivity contribution in [1.82, 2.24) is 4.90 Å². The zero-order valence-electron chi connectivity index (χ0n) is 20.2. The minimum absolute atomic E-state index is 0.0957. The maximum Gasteiger partial charge on any atom is 0.396 e. The molecule has 8 heteroatoms. The van der Waals surface area contributed by atoms with Crippen molar-refractivity contribution in [2.24, 2.45) is 0 Å². The summed E-state index contributed by atoms with van der Waals surface area (Å²) in [5.41, 5.74) is 3.65. The van der Waals surface area contributed by atoms with E-state index in [4.69, 9.17) is 9.47 Å². The van der Waals surface area contributed by atoms with Crippen LogP contribution in [-0.2, 0) is 22.7 Å². The number of benzene rings is 3. The van der Waals surface area contributed by atoms with E-state index in [2.05, 4.69) is 4.74 Å². The number of ether oxygens (including phenoxy) is 3. The predicted molar refractivity (Wildman–Crippen MR) is 133 cm³/mol. The average Bonchev–Trinajstić information content (AvgIpc) is 2.87. The topological polar surface area (TPSA) is 91.1 Å². The monoisotopic (exact) mass is 476 g/mol. The Kier molecular flexibility index (Phi) is 8.45. The van der Waals surface area contributed by atoms with Crippen LogP contribution in [0, 0.1) is 5.21 Å². The minimum atomic E-state index is -0.738. The summed E-state index contributed by atoms with van der Waals surface area (Å²) in [7, 11) is 6.21. The second-order valence-corrected chi connectivity index (χ2v) is 7.93. The highest BCUT2D eigenvalue weighted by molar-refractivity contribution is 6.20. The smallest absolute Gasteiger partial charge is 0.396 e. The highest BCUT2D eigenvalue weighted by atomic mass is 16.5. The number of carbonyl (C=O) groups excluding carboxylic acids is 2. The zero-order valence-corrected chi connectivity index (χ0v) is 20.2. The van der Waals surface area contributed by atoms with Gasteiger partial charge in [-0.15, -0.1) is 0 Å². The molecule has 0 N–H and O–H groups in total. The fourth-order valence-electron chi connectivity index (χ4n) is 3.42. The molecule has 3 rings (SSSR count). The van der Waals surface area contributed by atoms with Crippen LogP contribution in [0.2, 0.25) is 0 Å². The van der Waals surface area contributed by atoms with Gasteiger partial charge in [0.05, 0.1) is 19.8 Å². The molecular formula is C27H28N2O6. The zero-order chi connectivity index (χ0) is 25.4. The maximum atomic E-state index is 12.4. The maximum absolute atomic E-state index is 12.4.